The summed E-state index contributed by atoms with van der Waals surface area (Å²) in [6.07, 6.45) is -2.64. The molecule has 33 heavy (non-hydrogen) atoms. The number of alkyl halides is 3. The summed E-state index contributed by atoms with van der Waals surface area (Å²) in [6.45, 7) is 4.38. The van der Waals surface area contributed by atoms with E-state index in [1.54, 1.807) is 11.0 Å². The van der Waals surface area contributed by atoms with Crippen LogP contribution in [-0.2, 0) is 11.3 Å². The molecule has 0 atom stereocenters. The van der Waals surface area contributed by atoms with Crippen LogP contribution in [0.25, 0.3) is 0 Å². The third-order valence-electron chi connectivity index (χ3n) is 4.82. The summed E-state index contributed by atoms with van der Waals surface area (Å²) in [5, 5.41) is 8.68. The number of para-hydroxylation sites is 1. The highest BCUT2D eigenvalue weighted by molar-refractivity contribution is 5.94. The molecule has 2 aromatic carbocycles. The van der Waals surface area contributed by atoms with Crippen molar-refractivity contribution in [2.45, 2.75) is 58.5 Å². The Balaban J connectivity index is 2.04. The number of benzene rings is 2. The van der Waals surface area contributed by atoms with Crippen LogP contribution in [-0.4, -0.2) is 40.9 Å². The minimum atomic E-state index is -4.80. The third kappa shape index (κ3) is 9.03. The van der Waals surface area contributed by atoms with E-state index < -0.39 is 18.1 Å². The molecule has 180 valence electrons. The van der Waals surface area contributed by atoms with Crippen LogP contribution in [0, 0.1) is 0 Å². The van der Waals surface area contributed by atoms with Crippen molar-refractivity contribution >= 4 is 11.9 Å². The lowest BCUT2D eigenvalue weighted by atomic mass is 10.1. The maximum Gasteiger partial charge on any atom is 0.573 e. The number of rotatable bonds is 12. The Hall–Kier alpha value is -3.23. The summed E-state index contributed by atoms with van der Waals surface area (Å²) in [6, 6.07) is 12.0. The molecule has 0 unspecified atom stereocenters. The average Bonchev–Trinajstić information content (AvgIpc) is 2.73. The zero-order valence-corrected chi connectivity index (χ0v) is 18.6. The molecule has 0 aromatic heterocycles. The largest absolute Gasteiger partial charge is 0.573 e. The van der Waals surface area contributed by atoms with Gasteiger partial charge in [-0.1, -0.05) is 18.2 Å². The van der Waals surface area contributed by atoms with Gasteiger partial charge in [-0.2, -0.15) is 0 Å². The highest BCUT2D eigenvalue weighted by atomic mass is 19.4. The van der Waals surface area contributed by atoms with Crippen molar-refractivity contribution in [1.82, 2.24) is 4.90 Å². The quantitative estimate of drug-likeness (QED) is 0.408. The summed E-state index contributed by atoms with van der Waals surface area (Å²) in [5.41, 5.74) is 1.04. The maximum atomic E-state index is 13.1. The summed E-state index contributed by atoms with van der Waals surface area (Å²) in [5.74, 6) is -0.908. The molecule has 0 saturated heterocycles. The monoisotopic (exact) mass is 467 g/mol. The molecule has 0 aliphatic carbocycles. The minimum Gasteiger partial charge on any atom is -0.493 e. The van der Waals surface area contributed by atoms with Gasteiger partial charge in [-0.05, 0) is 63.4 Å². The van der Waals surface area contributed by atoms with Gasteiger partial charge in [0.05, 0.1) is 6.61 Å². The Morgan fingerprint density at radius 2 is 1.67 bits per heavy atom. The molecule has 9 heteroatoms. The lowest BCUT2D eigenvalue weighted by Gasteiger charge is -2.28. The van der Waals surface area contributed by atoms with E-state index in [1.807, 2.05) is 32.0 Å². The average molecular weight is 467 g/mol. The highest BCUT2D eigenvalue weighted by Gasteiger charge is 2.31. The Kier molecular flexibility index (Phi) is 9.57. The molecule has 6 nitrogen and oxygen atoms in total. The Labute approximate surface area is 190 Å². The number of aliphatic carboxylic acids is 1. The van der Waals surface area contributed by atoms with Crippen molar-refractivity contribution in [1.29, 1.82) is 0 Å². The van der Waals surface area contributed by atoms with Crippen LogP contribution in [0.2, 0.25) is 0 Å². The standard InChI is InChI=1S/C24H28F3NO5/c1-17(2)28(23(31)18-11-13-20(14-12-18)33-24(25,26)27)16-19-8-5-6-9-21(19)32-15-7-3-4-10-22(29)30/h5-6,8-9,11-14,17H,3-4,7,10,15-16H2,1-2H3,(H,29,30). The summed E-state index contributed by atoms with van der Waals surface area (Å²) in [7, 11) is 0. The number of halogens is 3. The molecule has 0 radical (unpaired) electrons. The first-order valence-corrected chi connectivity index (χ1v) is 10.7. The van der Waals surface area contributed by atoms with Gasteiger partial charge in [0.1, 0.15) is 11.5 Å². The van der Waals surface area contributed by atoms with E-state index >= 15 is 0 Å². The van der Waals surface area contributed by atoms with Crippen LogP contribution in [0.1, 0.15) is 55.5 Å². The van der Waals surface area contributed by atoms with Crippen molar-refractivity contribution in [2.24, 2.45) is 0 Å². The van der Waals surface area contributed by atoms with E-state index in [1.165, 1.54) is 12.1 Å². The lowest BCUT2D eigenvalue weighted by Crippen LogP contribution is -2.36. The van der Waals surface area contributed by atoms with E-state index in [-0.39, 0.29) is 30.5 Å². The van der Waals surface area contributed by atoms with E-state index in [4.69, 9.17) is 9.84 Å². The topological polar surface area (TPSA) is 76.1 Å². The van der Waals surface area contributed by atoms with Gasteiger partial charge in [-0.3, -0.25) is 9.59 Å². The van der Waals surface area contributed by atoms with Crippen molar-refractivity contribution in [3.8, 4) is 11.5 Å². The maximum absolute atomic E-state index is 13.1. The second-order valence-electron chi connectivity index (χ2n) is 7.76. The van der Waals surface area contributed by atoms with Crippen molar-refractivity contribution in [2.75, 3.05) is 6.61 Å². The number of carbonyl (C=O) groups excluding carboxylic acids is 1. The fourth-order valence-corrected chi connectivity index (χ4v) is 3.15. The Morgan fingerprint density at radius 3 is 2.27 bits per heavy atom. The molecule has 0 spiro atoms. The number of ether oxygens (including phenoxy) is 2. The van der Waals surface area contributed by atoms with Gasteiger partial charge < -0.3 is 19.5 Å². The fourth-order valence-electron chi connectivity index (χ4n) is 3.15. The first-order chi connectivity index (χ1) is 15.6. The molecule has 0 bridgehead atoms. The number of amides is 1. The van der Waals surface area contributed by atoms with Crippen molar-refractivity contribution in [3.63, 3.8) is 0 Å². The molecular weight excluding hydrogens is 439 g/mol. The molecular formula is C24H28F3NO5. The zero-order valence-electron chi connectivity index (χ0n) is 18.6. The van der Waals surface area contributed by atoms with Gasteiger partial charge in [0.25, 0.3) is 5.91 Å². The summed E-state index contributed by atoms with van der Waals surface area (Å²) >= 11 is 0. The molecule has 2 rings (SSSR count). The van der Waals surface area contributed by atoms with E-state index in [9.17, 15) is 22.8 Å². The van der Waals surface area contributed by atoms with E-state index in [0.717, 1.165) is 24.1 Å². The fraction of sp³-hybridized carbons (Fsp3) is 0.417. The predicted octanol–water partition coefficient (Wildman–Crippen LogP) is 5.66. The van der Waals surface area contributed by atoms with E-state index in [0.29, 0.717) is 25.2 Å². The molecule has 0 saturated carbocycles. The molecule has 1 N–H and O–H groups in total. The van der Waals surface area contributed by atoms with Crippen LogP contribution < -0.4 is 9.47 Å². The van der Waals surface area contributed by atoms with Gasteiger partial charge >= 0.3 is 12.3 Å². The smallest absolute Gasteiger partial charge is 0.493 e. The number of nitrogens with zero attached hydrogens (tertiary/aromatic N) is 1. The molecule has 1 amide bonds. The minimum absolute atomic E-state index is 0.130. The van der Waals surface area contributed by atoms with Gasteiger partial charge in [-0.15, -0.1) is 13.2 Å². The number of carbonyl (C=O) groups is 2. The van der Waals surface area contributed by atoms with Crippen LogP contribution in [0.3, 0.4) is 0 Å². The van der Waals surface area contributed by atoms with Crippen LogP contribution >= 0.6 is 0 Å². The normalized spacial score (nSPS) is 11.3. The van der Waals surface area contributed by atoms with E-state index in [2.05, 4.69) is 4.74 Å². The first kappa shape index (κ1) is 26.0. The second-order valence-corrected chi connectivity index (χ2v) is 7.76. The molecule has 2 aromatic rings. The van der Waals surface area contributed by atoms with Crippen LogP contribution in [0.5, 0.6) is 11.5 Å². The van der Waals surface area contributed by atoms with Gasteiger partial charge in [0.2, 0.25) is 0 Å². The number of carboxylic acids is 1. The van der Waals surface area contributed by atoms with Gasteiger partial charge in [0.15, 0.2) is 0 Å². The Morgan fingerprint density at radius 1 is 1.00 bits per heavy atom. The number of unbranched alkanes of at least 4 members (excludes halogenated alkanes) is 2. The third-order valence-corrected chi connectivity index (χ3v) is 4.82. The van der Waals surface area contributed by atoms with Crippen LogP contribution in [0.4, 0.5) is 13.2 Å². The summed E-state index contributed by atoms with van der Waals surface area (Å²) < 4.78 is 46.8. The number of hydrogen-bond donors (Lipinski definition) is 1. The Bertz CT molecular complexity index is 913. The van der Waals surface area contributed by atoms with Gasteiger partial charge in [-0.25, -0.2) is 0 Å². The predicted molar refractivity (Wildman–Crippen MR) is 116 cm³/mol. The molecule has 0 aliphatic heterocycles. The second kappa shape index (κ2) is 12.1. The number of carboxylic acid groups (broad SMARTS) is 1. The molecule has 0 aliphatic rings. The summed E-state index contributed by atoms with van der Waals surface area (Å²) in [4.78, 5) is 25.2. The SMILES string of the molecule is CC(C)N(Cc1ccccc1OCCCCCC(=O)O)C(=O)c1ccc(OC(F)(F)F)cc1. The highest BCUT2D eigenvalue weighted by Crippen LogP contribution is 2.25. The lowest BCUT2D eigenvalue weighted by molar-refractivity contribution is -0.274. The zero-order chi connectivity index (χ0) is 24.4. The first-order valence-electron chi connectivity index (χ1n) is 10.7. The molecule has 0 heterocycles. The van der Waals surface area contributed by atoms with Crippen LogP contribution in [0.15, 0.2) is 48.5 Å². The van der Waals surface area contributed by atoms with Crippen molar-refractivity contribution < 1.29 is 37.3 Å². The molecule has 0 fully saturated rings. The van der Waals surface area contributed by atoms with Crippen molar-refractivity contribution in [3.05, 3.63) is 59.7 Å². The van der Waals surface area contributed by atoms with Gasteiger partial charge in [0, 0.05) is 30.1 Å². The number of hydrogen-bond acceptors (Lipinski definition) is 4.